The van der Waals surface area contributed by atoms with Crippen molar-refractivity contribution in [1.82, 2.24) is 10.3 Å². The van der Waals surface area contributed by atoms with E-state index in [9.17, 15) is 4.79 Å². The largest absolute Gasteiger partial charge is 0.444 e. The van der Waals surface area contributed by atoms with Crippen LogP contribution in [0.4, 0.5) is 9.93 Å². The topological polar surface area (TPSA) is 63.2 Å². The molecule has 5 nitrogen and oxygen atoms in total. The molecule has 1 heterocycles. The second kappa shape index (κ2) is 8.26. The van der Waals surface area contributed by atoms with Gasteiger partial charge in [0.05, 0.1) is 5.69 Å². The summed E-state index contributed by atoms with van der Waals surface area (Å²) in [5.74, 6) is 0. The normalized spacial score (nSPS) is 16.5. The Kier molecular flexibility index (Phi) is 5.82. The third-order valence-electron chi connectivity index (χ3n) is 4.04. The SMILES string of the molecule is CCCN[C@H]1CCc2nc(NC(=O)OCc3ccccc3)sc2C1. The van der Waals surface area contributed by atoms with E-state index in [-0.39, 0.29) is 6.61 Å². The van der Waals surface area contributed by atoms with E-state index < -0.39 is 6.09 Å². The fourth-order valence-electron chi connectivity index (χ4n) is 2.80. The fourth-order valence-corrected chi connectivity index (χ4v) is 3.87. The molecule has 0 bridgehead atoms. The van der Waals surface area contributed by atoms with E-state index >= 15 is 0 Å². The number of nitrogens with one attached hydrogen (secondary N) is 2. The molecule has 0 fully saturated rings. The number of thiazole rings is 1. The molecule has 1 aromatic heterocycles. The van der Waals surface area contributed by atoms with E-state index in [1.54, 1.807) is 11.3 Å². The molecule has 2 aromatic rings. The maximum atomic E-state index is 11.9. The molecular formula is C18H23N3O2S. The zero-order valence-corrected chi connectivity index (χ0v) is 14.7. The van der Waals surface area contributed by atoms with Crippen LogP contribution in [-0.4, -0.2) is 23.7 Å². The molecule has 0 spiro atoms. The van der Waals surface area contributed by atoms with Gasteiger partial charge in [0.1, 0.15) is 6.61 Å². The summed E-state index contributed by atoms with van der Waals surface area (Å²) in [5.41, 5.74) is 2.09. The van der Waals surface area contributed by atoms with Gasteiger partial charge in [0.15, 0.2) is 5.13 Å². The lowest BCUT2D eigenvalue weighted by Gasteiger charge is -2.21. The highest BCUT2D eigenvalue weighted by molar-refractivity contribution is 7.15. The lowest BCUT2D eigenvalue weighted by Crippen LogP contribution is -2.34. The molecule has 6 heteroatoms. The smallest absolute Gasteiger partial charge is 0.413 e. The number of anilines is 1. The van der Waals surface area contributed by atoms with Crippen LogP contribution in [-0.2, 0) is 24.2 Å². The zero-order chi connectivity index (χ0) is 16.8. The van der Waals surface area contributed by atoms with Gasteiger partial charge in [-0.1, -0.05) is 37.3 Å². The van der Waals surface area contributed by atoms with E-state index in [0.29, 0.717) is 11.2 Å². The third kappa shape index (κ3) is 4.55. The van der Waals surface area contributed by atoms with Crippen LogP contribution in [0.2, 0.25) is 0 Å². The van der Waals surface area contributed by atoms with E-state index in [4.69, 9.17) is 4.74 Å². The number of carbonyl (C=O) groups excluding carboxylic acids is 1. The summed E-state index contributed by atoms with van der Waals surface area (Å²) in [6.07, 6.45) is 3.76. The van der Waals surface area contributed by atoms with Gasteiger partial charge >= 0.3 is 6.09 Å². The lowest BCUT2D eigenvalue weighted by atomic mass is 9.98. The first-order valence-corrected chi connectivity index (χ1v) is 9.26. The van der Waals surface area contributed by atoms with E-state index in [2.05, 4.69) is 22.5 Å². The highest BCUT2D eigenvalue weighted by Crippen LogP contribution is 2.30. The summed E-state index contributed by atoms with van der Waals surface area (Å²) in [5, 5.41) is 6.95. The Hall–Kier alpha value is -1.92. The molecule has 0 saturated carbocycles. The Labute approximate surface area is 146 Å². The second-order valence-electron chi connectivity index (χ2n) is 5.97. The second-order valence-corrected chi connectivity index (χ2v) is 7.05. The van der Waals surface area contributed by atoms with Crippen molar-refractivity contribution in [2.45, 2.75) is 45.3 Å². The number of aryl methyl sites for hydroxylation is 1. The Bertz CT molecular complexity index is 672. The predicted octanol–water partition coefficient (Wildman–Crippen LogP) is 3.75. The Morgan fingerprint density at radius 1 is 1.38 bits per heavy atom. The first kappa shape index (κ1) is 16.9. The average molecular weight is 345 g/mol. The highest BCUT2D eigenvalue weighted by Gasteiger charge is 2.22. The number of ether oxygens (including phenoxy) is 1. The molecule has 3 rings (SSSR count). The van der Waals surface area contributed by atoms with Crippen LogP contribution in [0.15, 0.2) is 30.3 Å². The Balaban J connectivity index is 1.51. The van der Waals surface area contributed by atoms with Gasteiger partial charge in [-0.15, -0.1) is 11.3 Å². The number of nitrogens with zero attached hydrogens (tertiary/aromatic N) is 1. The van der Waals surface area contributed by atoms with E-state index in [1.807, 2.05) is 30.3 Å². The van der Waals surface area contributed by atoms with E-state index in [0.717, 1.165) is 43.5 Å². The van der Waals surface area contributed by atoms with Gasteiger partial charge in [0.25, 0.3) is 0 Å². The standard InChI is InChI=1S/C18H23N3O2S/c1-2-10-19-14-8-9-15-16(11-14)24-17(20-15)21-18(22)23-12-13-6-4-3-5-7-13/h3-7,14,19H,2,8-12H2,1H3,(H,20,21,22)/t14-/m0/s1. The number of aromatic nitrogens is 1. The summed E-state index contributed by atoms with van der Waals surface area (Å²) < 4.78 is 5.24. The van der Waals surface area contributed by atoms with Crippen molar-refractivity contribution in [3.05, 3.63) is 46.5 Å². The molecule has 1 aliphatic rings. The molecule has 1 amide bonds. The summed E-state index contributed by atoms with van der Waals surface area (Å²) in [6.45, 7) is 3.49. The third-order valence-corrected chi connectivity index (χ3v) is 5.08. The van der Waals surface area contributed by atoms with Gasteiger partial charge in [-0.3, -0.25) is 5.32 Å². The number of benzene rings is 1. The van der Waals surface area contributed by atoms with Crippen molar-refractivity contribution < 1.29 is 9.53 Å². The van der Waals surface area contributed by atoms with Gasteiger partial charge in [-0.05, 0) is 37.8 Å². The fraction of sp³-hybridized carbons (Fsp3) is 0.444. The van der Waals surface area contributed by atoms with Crippen LogP contribution in [0.5, 0.6) is 0 Å². The molecule has 1 aromatic carbocycles. The van der Waals surface area contributed by atoms with Crippen LogP contribution < -0.4 is 10.6 Å². The molecule has 0 unspecified atom stereocenters. The minimum Gasteiger partial charge on any atom is -0.444 e. The van der Waals surface area contributed by atoms with Gasteiger partial charge in [-0.25, -0.2) is 9.78 Å². The Morgan fingerprint density at radius 3 is 3.00 bits per heavy atom. The van der Waals surface area contributed by atoms with Crippen LogP contribution in [0, 0.1) is 0 Å². The number of rotatable bonds is 6. The first-order valence-electron chi connectivity index (χ1n) is 8.44. The lowest BCUT2D eigenvalue weighted by molar-refractivity contribution is 0.155. The maximum Gasteiger partial charge on any atom is 0.413 e. The first-order chi connectivity index (χ1) is 11.7. The zero-order valence-electron chi connectivity index (χ0n) is 13.9. The quantitative estimate of drug-likeness (QED) is 0.837. The number of amides is 1. The van der Waals surface area contributed by atoms with Crippen LogP contribution in [0.3, 0.4) is 0 Å². The van der Waals surface area contributed by atoms with Crippen LogP contribution >= 0.6 is 11.3 Å². The highest BCUT2D eigenvalue weighted by atomic mass is 32.1. The molecule has 1 aliphatic carbocycles. The summed E-state index contributed by atoms with van der Waals surface area (Å²) >= 11 is 1.56. The van der Waals surface area contributed by atoms with Crippen molar-refractivity contribution >= 4 is 22.6 Å². The van der Waals surface area contributed by atoms with Crippen LogP contribution in [0.1, 0.15) is 35.9 Å². The van der Waals surface area contributed by atoms with Gasteiger partial charge in [0, 0.05) is 10.9 Å². The predicted molar refractivity (Wildman–Crippen MR) is 96.5 cm³/mol. The molecular weight excluding hydrogens is 322 g/mol. The summed E-state index contributed by atoms with van der Waals surface area (Å²) in [7, 11) is 0. The molecule has 1 atom stereocenters. The number of hydrogen-bond acceptors (Lipinski definition) is 5. The average Bonchev–Trinajstić information content (AvgIpc) is 3.00. The van der Waals surface area contributed by atoms with Gasteiger partial charge in [-0.2, -0.15) is 0 Å². The van der Waals surface area contributed by atoms with Crippen molar-refractivity contribution in [1.29, 1.82) is 0 Å². The van der Waals surface area contributed by atoms with Crippen LogP contribution in [0.25, 0.3) is 0 Å². The molecule has 128 valence electrons. The minimum atomic E-state index is -0.453. The van der Waals surface area contributed by atoms with E-state index in [1.165, 1.54) is 4.88 Å². The molecule has 0 radical (unpaired) electrons. The molecule has 24 heavy (non-hydrogen) atoms. The van der Waals surface area contributed by atoms with Crippen molar-refractivity contribution in [3.63, 3.8) is 0 Å². The molecule has 0 saturated heterocycles. The Morgan fingerprint density at radius 2 is 2.21 bits per heavy atom. The van der Waals surface area contributed by atoms with Gasteiger partial charge < -0.3 is 10.1 Å². The monoisotopic (exact) mass is 345 g/mol. The molecule has 0 aliphatic heterocycles. The van der Waals surface area contributed by atoms with Crippen molar-refractivity contribution in [2.75, 3.05) is 11.9 Å². The molecule has 2 N–H and O–H groups in total. The number of hydrogen-bond donors (Lipinski definition) is 2. The summed E-state index contributed by atoms with van der Waals surface area (Å²) in [4.78, 5) is 17.7. The summed E-state index contributed by atoms with van der Waals surface area (Å²) in [6, 6.07) is 10.2. The van der Waals surface area contributed by atoms with Gasteiger partial charge in [0.2, 0.25) is 0 Å². The number of carbonyl (C=O) groups is 1. The van der Waals surface area contributed by atoms with Crippen molar-refractivity contribution in [2.24, 2.45) is 0 Å². The number of fused-ring (bicyclic) bond motifs is 1. The minimum absolute atomic E-state index is 0.265. The van der Waals surface area contributed by atoms with Crippen molar-refractivity contribution in [3.8, 4) is 0 Å². The maximum absolute atomic E-state index is 11.9.